The minimum Gasteiger partial charge on any atom is -0.507 e. The number of rotatable bonds is 4. The maximum atomic E-state index is 13.5. The lowest BCUT2D eigenvalue weighted by Gasteiger charge is -2.14. The number of aromatic hydroxyl groups is 1. The average molecular weight is 338 g/mol. The second kappa shape index (κ2) is 7.11. The van der Waals surface area contributed by atoms with E-state index < -0.39 is 23.8 Å². The molecule has 0 aliphatic rings. The molecule has 5 nitrogen and oxygen atoms in total. The Morgan fingerprint density at radius 2 is 1.96 bits per heavy atom. The Hall–Kier alpha value is -2.60. The fourth-order valence-corrected chi connectivity index (χ4v) is 1.92. The van der Waals surface area contributed by atoms with Crippen molar-refractivity contribution >= 4 is 29.2 Å². The number of nitrogens with one attached hydrogen (secondary N) is 1. The smallest absolute Gasteiger partial charge is 0.342 e. The number of amides is 1. The SMILES string of the molecule is C[C@H](OC(=O)c1cc(Cl)ccc1O)C(=O)Nc1ccccc1F. The van der Waals surface area contributed by atoms with Gasteiger partial charge in [-0.05, 0) is 37.3 Å². The van der Waals surface area contributed by atoms with Crippen molar-refractivity contribution in [1.82, 2.24) is 0 Å². The van der Waals surface area contributed by atoms with Crippen LogP contribution in [-0.2, 0) is 9.53 Å². The maximum Gasteiger partial charge on any atom is 0.342 e. The van der Waals surface area contributed by atoms with Gasteiger partial charge in [-0.25, -0.2) is 9.18 Å². The average Bonchev–Trinajstić information content (AvgIpc) is 2.51. The van der Waals surface area contributed by atoms with Crippen LogP contribution in [0.3, 0.4) is 0 Å². The topological polar surface area (TPSA) is 75.6 Å². The number of halogens is 2. The first-order valence-electron chi connectivity index (χ1n) is 6.63. The number of carbonyl (C=O) groups is 2. The van der Waals surface area contributed by atoms with Gasteiger partial charge in [0.1, 0.15) is 17.1 Å². The predicted octanol–water partition coefficient (Wildman–Crippen LogP) is 3.37. The first-order valence-corrected chi connectivity index (χ1v) is 7.01. The molecule has 0 aliphatic carbocycles. The molecular formula is C16H13ClFNO4. The second-order valence-electron chi connectivity index (χ2n) is 4.68. The molecule has 7 heteroatoms. The van der Waals surface area contributed by atoms with Crippen molar-refractivity contribution in [2.45, 2.75) is 13.0 Å². The molecule has 0 radical (unpaired) electrons. The highest BCUT2D eigenvalue weighted by Crippen LogP contribution is 2.23. The summed E-state index contributed by atoms with van der Waals surface area (Å²) in [6, 6.07) is 9.47. The fourth-order valence-electron chi connectivity index (χ4n) is 1.75. The van der Waals surface area contributed by atoms with Gasteiger partial charge in [-0.1, -0.05) is 23.7 Å². The van der Waals surface area contributed by atoms with Crippen molar-refractivity contribution in [1.29, 1.82) is 0 Å². The zero-order valence-electron chi connectivity index (χ0n) is 12.0. The molecule has 0 saturated heterocycles. The standard InChI is InChI=1S/C16H13ClFNO4/c1-9(15(21)19-13-5-3-2-4-12(13)18)23-16(22)11-8-10(17)6-7-14(11)20/h2-9,20H,1H3,(H,19,21)/t9-/m0/s1. The van der Waals surface area contributed by atoms with Gasteiger partial charge in [-0.2, -0.15) is 0 Å². The van der Waals surface area contributed by atoms with Crippen LogP contribution >= 0.6 is 11.6 Å². The predicted molar refractivity (Wildman–Crippen MR) is 83.0 cm³/mol. The Labute approximate surface area is 136 Å². The summed E-state index contributed by atoms with van der Waals surface area (Å²) in [4.78, 5) is 23.9. The Morgan fingerprint density at radius 1 is 1.26 bits per heavy atom. The number of para-hydroxylation sites is 1. The molecular weight excluding hydrogens is 325 g/mol. The van der Waals surface area contributed by atoms with Crippen molar-refractivity contribution in [3.05, 3.63) is 58.9 Å². The van der Waals surface area contributed by atoms with Crippen LogP contribution in [0.25, 0.3) is 0 Å². The molecule has 0 aliphatic heterocycles. The molecule has 2 rings (SSSR count). The quantitative estimate of drug-likeness (QED) is 0.839. The van der Waals surface area contributed by atoms with Crippen LogP contribution in [0.1, 0.15) is 17.3 Å². The lowest BCUT2D eigenvalue weighted by atomic mass is 10.2. The summed E-state index contributed by atoms with van der Waals surface area (Å²) in [6.45, 7) is 1.33. The monoisotopic (exact) mass is 337 g/mol. The van der Waals surface area contributed by atoms with Gasteiger partial charge in [-0.3, -0.25) is 4.79 Å². The number of hydrogen-bond acceptors (Lipinski definition) is 4. The summed E-state index contributed by atoms with van der Waals surface area (Å²) in [6.07, 6.45) is -1.19. The largest absolute Gasteiger partial charge is 0.507 e. The fraction of sp³-hybridized carbons (Fsp3) is 0.125. The third-order valence-electron chi connectivity index (χ3n) is 2.96. The molecule has 2 N–H and O–H groups in total. The van der Waals surface area contributed by atoms with Crippen LogP contribution in [0.5, 0.6) is 5.75 Å². The van der Waals surface area contributed by atoms with Crippen molar-refractivity contribution in [3.63, 3.8) is 0 Å². The number of hydrogen-bond donors (Lipinski definition) is 2. The number of anilines is 1. The zero-order valence-corrected chi connectivity index (χ0v) is 12.8. The van der Waals surface area contributed by atoms with Crippen LogP contribution in [-0.4, -0.2) is 23.1 Å². The van der Waals surface area contributed by atoms with E-state index in [1.165, 1.54) is 43.3 Å². The maximum absolute atomic E-state index is 13.5. The summed E-state index contributed by atoms with van der Waals surface area (Å²) in [5.41, 5.74) is -0.186. The Kier molecular flexibility index (Phi) is 5.18. The lowest BCUT2D eigenvalue weighted by molar-refractivity contribution is -0.123. The number of carbonyl (C=O) groups excluding carboxylic acids is 2. The molecule has 120 valence electrons. The van der Waals surface area contributed by atoms with Gasteiger partial charge in [-0.15, -0.1) is 0 Å². The van der Waals surface area contributed by atoms with Crippen molar-refractivity contribution in [3.8, 4) is 5.75 Å². The van der Waals surface area contributed by atoms with E-state index in [-0.39, 0.29) is 22.0 Å². The summed E-state index contributed by atoms with van der Waals surface area (Å²) < 4.78 is 18.4. The first kappa shape index (κ1) is 16.8. The van der Waals surface area contributed by atoms with Crippen LogP contribution in [0, 0.1) is 5.82 Å². The van der Waals surface area contributed by atoms with Gasteiger partial charge in [0.15, 0.2) is 6.10 Å². The molecule has 0 aromatic heterocycles. The van der Waals surface area contributed by atoms with Gasteiger partial charge in [0.25, 0.3) is 5.91 Å². The van der Waals surface area contributed by atoms with E-state index in [1.54, 1.807) is 6.07 Å². The molecule has 2 aromatic rings. The summed E-state index contributed by atoms with van der Waals surface area (Å²) in [5.74, 6) is -2.54. The number of esters is 1. The van der Waals surface area contributed by atoms with E-state index in [0.29, 0.717) is 0 Å². The number of benzene rings is 2. The molecule has 23 heavy (non-hydrogen) atoms. The molecule has 1 atom stereocenters. The Balaban J connectivity index is 2.05. The van der Waals surface area contributed by atoms with Crippen molar-refractivity contribution in [2.24, 2.45) is 0 Å². The van der Waals surface area contributed by atoms with Crippen molar-refractivity contribution < 1.29 is 23.8 Å². The third-order valence-corrected chi connectivity index (χ3v) is 3.20. The van der Waals surface area contributed by atoms with Crippen LogP contribution < -0.4 is 5.32 Å². The molecule has 0 heterocycles. The van der Waals surface area contributed by atoms with Gasteiger partial charge in [0.2, 0.25) is 0 Å². The third kappa shape index (κ3) is 4.20. The van der Waals surface area contributed by atoms with E-state index >= 15 is 0 Å². The highest BCUT2D eigenvalue weighted by molar-refractivity contribution is 6.31. The minimum absolute atomic E-state index is 0.0222. The zero-order chi connectivity index (χ0) is 17.0. The first-order chi connectivity index (χ1) is 10.9. The number of ether oxygens (including phenoxy) is 1. The molecule has 0 saturated carbocycles. The van der Waals surface area contributed by atoms with E-state index in [0.717, 1.165) is 0 Å². The molecule has 0 spiro atoms. The number of phenols is 1. The second-order valence-corrected chi connectivity index (χ2v) is 5.11. The van der Waals surface area contributed by atoms with Crippen LogP contribution in [0.2, 0.25) is 5.02 Å². The van der Waals surface area contributed by atoms with Gasteiger partial charge in [0, 0.05) is 5.02 Å². The van der Waals surface area contributed by atoms with Crippen LogP contribution in [0.15, 0.2) is 42.5 Å². The highest BCUT2D eigenvalue weighted by atomic mass is 35.5. The summed E-state index contributed by atoms with van der Waals surface area (Å²) >= 11 is 5.74. The Morgan fingerprint density at radius 3 is 2.65 bits per heavy atom. The van der Waals surface area contributed by atoms with E-state index in [4.69, 9.17) is 16.3 Å². The van der Waals surface area contributed by atoms with Crippen molar-refractivity contribution in [2.75, 3.05) is 5.32 Å². The molecule has 0 unspecified atom stereocenters. The van der Waals surface area contributed by atoms with E-state index in [2.05, 4.69) is 5.32 Å². The van der Waals surface area contributed by atoms with Gasteiger partial charge >= 0.3 is 5.97 Å². The Bertz CT molecular complexity index is 751. The molecule has 0 bridgehead atoms. The van der Waals surface area contributed by atoms with Gasteiger partial charge in [0.05, 0.1) is 5.69 Å². The van der Waals surface area contributed by atoms with Gasteiger partial charge < -0.3 is 15.2 Å². The molecule has 1 amide bonds. The normalized spacial score (nSPS) is 11.6. The van der Waals surface area contributed by atoms with E-state index in [1.807, 2.05) is 0 Å². The highest BCUT2D eigenvalue weighted by Gasteiger charge is 2.22. The minimum atomic E-state index is -1.19. The summed E-state index contributed by atoms with van der Waals surface area (Å²) in [7, 11) is 0. The molecule has 0 fully saturated rings. The lowest BCUT2D eigenvalue weighted by Crippen LogP contribution is -2.30. The van der Waals surface area contributed by atoms with E-state index in [9.17, 15) is 19.1 Å². The summed E-state index contributed by atoms with van der Waals surface area (Å²) in [5, 5.41) is 12.2. The molecule has 2 aromatic carbocycles. The number of phenolic OH excluding ortho intramolecular Hbond substituents is 1. The van der Waals surface area contributed by atoms with Crippen LogP contribution in [0.4, 0.5) is 10.1 Å².